The fraction of sp³-hybridized carbons (Fsp3) is 0.241. The number of carbonyl (C=O) groups excluding carboxylic acids is 2. The number of thiophene rings is 1. The normalized spacial score (nSPS) is 15.1. The van der Waals surface area contributed by atoms with Gasteiger partial charge in [-0.05, 0) is 85.7 Å². The smallest absolute Gasteiger partial charge is 0.341 e. The minimum atomic E-state index is -0.590. The molecular weight excluding hydrogens is 522 g/mol. The maximum Gasteiger partial charge on any atom is 0.341 e. The number of carbonyl (C=O) groups is 2. The molecule has 7 nitrogen and oxygen atoms in total. The van der Waals surface area contributed by atoms with Gasteiger partial charge in [0.15, 0.2) is 5.76 Å². The third-order valence-electron chi connectivity index (χ3n) is 6.50. The molecule has 1 atom stereocenters. The highest BCUT2D eigenvalue weighted by molar-refractivity contribution is 7.17. The largest absolute Gasteiger partial charge is 0.462 e. The highest BCUT2D eigenvalue weighted by Crippen LogP contribution is 2.40. The molecule has 0 aliphatic heterocycles. The molecule has 192 valence electrons. The summed E-state index contributed by atoms with van der Waals surface area (Å²) in [7, 11) is 0. The van der Waals surface area contributed by atoms with Crippen LogP contribution in [0, 0.1) is 17.2 Å². The van der Waals surface area contributed by atoms with E-state index in [0.29, 0.717) is 38.3 Å². The minimum absolute atomic E-state index is 0.0941. The lowest BCUT2D eigenvalue weighted by Gasteiger charge is -2.18. The molecular formula is C29H24ClN3O4S. The van der Waals surface area contributed by atoms with E-state index in [-0.39, 0.29) is 12.2 Å². The number of nitrogens with one attached hydrogen (secondary N) is 1. The van der Waals surface area contributed by atoms with Crippen molar-refractivity contribution >= 4 is 56.8 Å². The lowest BCUT2D eigenvalue weighted by atomic mass is 9.88. The zero-order valence-corrected chi connectivity index (χ0v) is 22.4. The maximum absolute atomic E-state index is 13.2. The van der Waals surface area contributed by atoms with E-state index in [0.717, 1.165) is 40.7 Å². The van der Waals surface area contributed by atoms with E-state index in [9.17, 15) is 14.9 Å². The van der Waals surface area contributed by atoms with Crippen molar-refractivity contribution in [2.75, 3.05) is 11.9 Å². The summed E-state index contributed by atoms with van der Waals surface area (Å²) in [6.07, 6.45) is 4.08. The van der Waals surface area contributed by atoms with Crippen LogP contribution in [0.1, 0.15) is 46.6 Å². The Morgan fingerprint density at radius 3 is 2.82 bits per heavy atom. The van der Waals surface area contributed by atoms with E-state index in [1.54, 1.807) is 31.2 Å². The number of aromatic nitrogens is 1. The van der Waals surface area contributed by atoms with Crippen molar-refractivity contribution in [1.29, 1.82) is 5.26 Å². The Hall–Kier alpha value is -3.93. The Kier molecular flexibility index (Phi) is 7.32. The summed E-state index contributed by atoms with van der Waals surface area (Å²) in [6.45, 7) is 4.16. The number of nitriles is 1. The average Bonchev–Trinajstić information content (AvgIpc) is 3.48. The van der Waals surface area contributed by atoms with Crippen molar-refractivity contribution in [2.24, 2.45) is 5.92 Å². The fourth-order valence-electron chi connectivity index (χ4n) is 4.60. The second-order valence-corrected chi connectivity index (χ2v) is 10.7. The number of halogens is 1. The molecule has 1 aliphatic carbocycles. The van der Waals surface area contributed by atoms with Gasteiger partial charge in [-0.1, -0.05) is 29.7 Å². The van der Waals surface area contributed by atoms with Crippen LogP contribution in [-0.2, 0) is 22.4 Å². The van der Waals surface area contributed by atoms with E-state index < -0.39 is 11.9 Å². The first-order valence-corrected chi connectivity index (χ1v) is 13.5. The Morgan fingerprint density at radius 1 is 1.29 bits per heavy atom. The second kappa shape index (κ2) is 10.8. The van der Waals surface area contributed by atoms with Crippen molar-refractivity contribution in [3.63, 3.8) is 0 Å². The van der Waals surface area contributed by atoms with Gasteiger partial charge in [0.25, 0.3) is 5.91 Å². The monoisotopic (exact) mass is 545 g/mol. The van der Waals surface area contributed by atoms with Crippen LogP contribution in [0.3, 0.4) is 0 Å². The van der Waals surface area contributed by atoms with Gasteiger partial charge in [-0.15, -0.1) is 11.3 Å². The van der Waals surface area contributed by atoms with Crippen molar-refractivity contribution in [3.8, 4) is 17.4 Å². The molecule has 1 aliphatic rings. The fourth-order valence-corrected chi connectivity index (χ4v) is 6.12. The molecule has 2 aromatic carbocycles. The zero-order valence-electron chi connectivity index (χ0n) is 20.8. The molecule has 5 rings (SSSR count). The maximum atomic E-state index is 13.2. The standard InChI is InChI=1S/C29H24ClN3O4S/c1-3-36-29(35)25-21-10-4-16(2)12-24(21)38-28(25)32-27(34)19(15-31)13-17-5-11-23-22(14-17)26(37-33-23)18-6-8-20(30)9-7-18/h5-9,11,13-14,16H,3-4,10,12H2,1-2H3,(H,32,34)/b19-13+. The van der Waals surface area contributed by atoms with Crippen LogP contribution in [0.25, 0.3) is 28.3 Å². The zero-order chi connectivity index (χ0) is 26.8. The first-order valence-electron chi connectivity index (χ1n) is 12.3. The number of rotatable bonds is 6. The topological polar surface area (TPSA) is 105 Å². The first-order chi connectivity index (χ1) is 18.4. The number of amides is 1. The molecule has 1 unspecified atom stereocenters. The van der Waals surface area contributed by atoms with Crippen LogP contribution < -0.4 is 5.32 Å². The molecule has 0 saturated heterocycles. The van der Waals surface area contributed by atoms with Crippen LogP contribution in [0.15, 0.2) is 52.6 Å². The van der Waals surface area contributed by atoms with E-state index >= 15 is 0 Å². The summed E-state index contributed by atoms with van der Waals surface area (Å²) in [6, 6.07) is 14.5. The van der Waals surface area contributed by atoms with Gasteiger partial charge >= 0.3 is 5.97 Å². The highest BCUT2D eigenvalue weighted by atomic mass is 35.5. The molecule has 0 saturated carbocycles. The summed E-state index contributed by atoms with van der Waals surface area (Å²) in [5.74, 6) is 0.0183. The van der Waals surface area contributed by atoms with Crippen LogP contribution in [0.2, 0.25) is 5.02 Å². The molecule has 1 amide bonds. The Balaban J connectivity index is 1.46. The number of ether oxygens (including phenoxy) is 1. The second-order valence-electron chi connectivity index (χ2n) is 9.20. The number of fused-ring (bicyclic) bond motifs is 2. The quantitative estimate of drug-likeness (QED) is 0.158. The molecule has 9 heteroatoms. The number of hydrogen-bond donors (Lipinski definition) is 1. The van der Waals surface area contributed by atoms with E-state index in [4.69, 9.17) is 20.9 Å². The Morgan fingerprint density at radius 2 is 2.08 bits per heavy atom. The molecule has 0 bridgehead atoms. The van der Waals surface area contributed by atoms with Crippen LogP contribution in [-0.4, -0.2) is 23.6 Å². The van der Waals surface area contributed by atoms with Crippen molar-refractivity contribution in [1.82, 2.24) is 5.16 Å². The number of esters is 1. The van der Waals surface area contributed by atoms with E-state index in [1.807, 2.05) is 24.3 Å². The highest BCUT2D eigenvalue weighted by Gasteiger charge is 2.29. The first kappa shape index (κ1) is 25.7. The van der Waals surface area contributed by atoms with Gasteiger partial charge in [0.2, 0.25) is 0 Å². The van der Waals surface area contributed by atoms with E-state index in [2.05, 4.69) is 17.4 Å². The molecule has 0 radical (unpaired) electrons. The minimum Gasteiger partial charge on any atom is -0.462 e. The molecule has 2 aromatic heterocycles. The summed E-state index contributed by atoms with van der Waals surface area (Å²) in [4.78, 5) is 27.1. The van der Waals surface area contributed by atoms with Crippen molar-refractivity contribution in [3.05, 3.63) is 74.6 Å². The van der Waals surface area contributed by atoms with E-state index in [1.165, 1.54) is 17.4 Å². The Labute approximate surface area is 228 Å². The predicted octanol–water partition coefficient (Wildman–Crippen LogP) is 7.06. The van der Waals surface area contributed by atoms with Gasteiger partial charge in [-0.2, -0.15) is 5.26 Å². The average molecular weight is 546 g/mol. The van der Waals surface area contributed by atoms with Gasteiger partial charge in [0.05, 0.1) is 17.6 Å². The summed E-state index contributed by atoms with van der Waals surface area (Å²) >= 11 is 7.40. The van der Waals surface area contributed by atoms with Gasteiger partial charge in [-0.25, -0.2) is 4.79 Å². The summed E-state index contributed by atoms with van der Waals surface area (Å²) < 4.78 is 10.8. The van der Waals surface area contributed by atoms with Crippen molar-refractivity contribution in [2.45, 2.75) is 33.1 Å². The predicted molar refractivity (Wildman–Crippen MR) is 148 cm³/mol. The van der Waals surface area contributed by atoms with Gasteiger partial charge in [-0.3, -0.25) is 4.79 Å². The lowest BCUT2D eigenvalue weighted by Crippen LogP contribution is -2.17. The number of benzene rings is 2. The van der Waals surface area contributed by atoms with Gasteiger partial charge < -0.3 is 14.6 Å². The lowest BCUT2D eigenvalue weighted by molar-refractivity contribution is -0.112. The molecule has 38 heavy (non-hydrogen) atoms. The number of nitrogens with zero attached hydrogens (tertiary/aromatic N) is 2. The van der Waals surface area contributed by atoms with Crippen LogP contribution >= 0.6 is 22.9 Å². The summed E-state index contributed by atoms with van der Waals surface area (Å²) in [5, 5.41) is 18.5. The van der Waals surface area contributed by atoms with Gasteiger partial charge in [0, 0.05) is 15.5 Å². The summed E-state index contributed by atoms with van der Waals surface area (Å²) in [5.41, 5.74) is 3.34. The van der Waals surface area contributed by atoms with Gasteiger partial charge in [0.1, 0.15) is 22.2 Å². The van der Waals surface area contributed by atoms with Crippen molar-refractivity contribution < 1.29 is 18.8 Å². The molecule has 1 N–H and O–H groups in total. The number of hydrogen-bond acceptors (Lipinski definition) is 7. The molecule has 0 spiro atoms. The van der Waals surface area contributed by atoms with Crippen LogP contribution in [0.4, 0.5) is 5.00 Å². The molecule has 0 fully saturated rings. The Bertz CT molecular complexity index is 1610. The SMILES string of the molecule is CCOC(=O)c1c(NC(=O)/C(C#N)=C/c2ccc3noc(-c4ccc(Cl)cc4)c3c2)sc2c1CCC(C)C2. The van der Waals surface area contributed by atoms with Crippen LogP contribution in [0.5, 0.6) is 0 Å². The third-order valence-corrected chi connectivity index (χ3v) is 7.92. The molecule has 2 heterocycles. The third kappa shape index (κ3) is 5.08. The number of anilines is 1. The molecule has 4 aromatic rings.